The fourth-order valence-electron chi connectivity index (χ4n) is 8.91. The second kappa shape index (κ2) is 16.6. The lowest BCUT2D eigenvalue weighted by atomic mass is 9.89. The molecule has 310 valence electrons. The highest BCUT2D eigenvalue weighted by molar-refractivity contribution is 6.32. The maximum atomic E-state index is 13.4. The fourth-order valence-corrected chi connectivity index (χ4v) is 9.11. The molecule has 3 aliphatic heterocycles. The van der Waals surface area contributed by atoms with Gasteiger partial charge in [-0.05, 0) is 105 Å². The number of halogens is 1. The van der Waals surface area contributed by atoms with Crippen LogP contribution in [0.2, 0.25) is 5.02 Å². The number of carbonyl (C=O) groups excluding carboxylic acids is 4. The van der Waals surface area contributed by atoms with Gasteiger partial charge in [0, 0.05) is 38.0 Å². The van der Waals surface area contributed by atoms with Gasteiger partial charge in [0.15, 0.2) is 0 Å². The molecule has 2 aromatic carbocycles. The predicted molar refractivity (Wildman–Crippen MR) is 227 cm³/mol. The van der Waals surface area contributed by atoms with E-state index in [1.807, 2.05) is 35.2 Å². The van der Waals surface area contributed by atoms with Gasteiger partial charge in [0.2, 0.25) is 29.6 Å². The maximum Gasteiger partial charge on any atom is 0.329 e. The molecule has 5 aromatic rings. The van der Waals surface area contributed by atoms with Crippen molar-refractivity contribution in [1.29, 1.82) is 0 Å². The molecule has 9 rings (SSSR count). The standard InChI is InChI=1S/C44H47ClN10O5/c1-52-37-20-30(7-8-35(37)55(44(52)60)36-9-10-38(56)50-42(36)59)27-11-15-53(16-12-27)25-39(57)54-17-13-28(14-18-54)41(58)48-32-21-33(23-46-22-32)49-43-47-24-34(45)40(51-43)31-4-2-3-29(19-31)26-5-6-26/h2-4,7-8,19-24,26-28,36H,5-6,9-18,25H2,1H3,(H,48,58)(H,47,49,51)(H,50,56,59). The molecule has 3 saturated heterocycles. The lowest BCUT2D eigenvalue weighted by molar-refractivity contribution is -0.136. The molecule has 3 aromatic heterocycles. The normalized spacial score (nSPS) is 19.4. The summed E-state index contributed by atoms with van der Waals surface area (Å²) >= 11 is 6.52. The highest BCUT2D eigenvalue weighted by Crippen LogP contribution is 2.41. The van der Waals surface area contributed by atoms with Crippen molar-refractivity contribution >= 4 is 63.6 Å². The summed E-state index contributed by atoms with van der Waals surface area (Å²) in [5.41, 5.74) is 6.31. The zero-order chi connectivity index (χ0) is 41.5. The monoisotopic (exact) mass is 830 g/mol. The van der Waals surface area contributed by atoms with Crippen LogP contribution in [0, 0.1) is 5.92 Å². The molecule has 16 heteroatoms. The molecule has 15 nitrogen and oxygen atoms in total. The van der Waals surface area contributed by atoms with Crippen LogP contribution in [-0.2, 0) is 26.2 Å². The summed E-state index contributed by atoms with van der Waals surface area (Å²) < 4.78 is 3.07. The van der Waals surface area contributed by atoms with Gasteiger partial charge in [-0.15, -0.1) is 0 Å². The SMILES string of the molecule is Cn1c(=O)n(C2CCC(=O)NC2=O)c2ccc(C3CCN(CC(=O)N4CCC(C(=O)Nc5cncc(Nc6ncc(Cl)c(-c7cccc(C8CC8)c7)n6)c5)CC4)CC3)cc21. The Labute approximate surface area is 351 Å². The van der Waals surface area contributed by atoms with Crippen molar-refractivity contribution in [2.75, 3.05) is 43.4 Å². The summed E-state index contributed by atoms with van der Waals surface area (Å²) in [5.74, 6) is 0.225. The molecule has 3 N–H and O–H groups in total. The molecule has 4 fully saturated rings. The van der Waals surface area contributed by atoms with E-state index in [0.29, 0.717) is 78.4 Å². The van der Waals surface area contributed by atoms with Gasteiger partial charge in [0.05, 0.1) is 58.3 Å². The van der Waals surface area contributed by atoms with Crippen molar-refractivity contribution in [2.24, 2.45) is 13.0 Å². The highest BCUT2D eigenvalue weighted by atomic mass is 35.5. The number of anilines is 3. The Morgan fingerprint density at radius 1 is 0.833 bits per heavy atom. The summed E-state index contributed by atoms with van der Waals surface area (Å²) in [6.07, 6.45) is 10.6. The van der Waals surface area contributed by atoms with Crippen molar-refractivity contribution in [3.8, 4) is 11.3 Å². The van der Waals surface area contributed by atoms with Gasteiger partial charge in [-0.1, -0.05) is 35.9 Å². The number of nitrogens with zero attached hydrogens (tertiary/aromatic N) is 7. The van der Waals surface area contributed by atoms with Crippen LogP contribution < -0.4 is 21.6 Å². The lowest BCUT2D eigenvalue weighted by Gasteiger charge is -2.35. The Hall–Kier alpha value is -5.93. The number of nitrogens with one attached hydrogen (secondary N) is 3. The molecule has 0 spiro atoms. The molecule has 4 aliphatic rings. The Balaban J connectivity index is 0.745. The molecule has 0 radical (unpaired) electrons. The van der Waals surface area contributed by atoms with Gasteiger partial charge in [-0.2, -0.15) is 0 Å². The molecular formula is C44H47ClN10O5. The number of hydrogen-bond acceptors (Lipinski definition) is 10. The van der Waals surface area contributed by atoms with Gasteiger partial charge in [-0.25, -0.2) is 14.8 Å². The van der Waals surface area contributed by atoms with Crippen LogP contribution in [0.1, 0.15) is 80.4 Å². The minimum Gasteiger partial charge on any atom is -0.342 e. The number of likely N-dealkylation sites (tertiary alicyclic amines) is 2. The van der Waals surface area contributed by atoms with Gasteiger partial charge >= 0.3 is 5.69 Å². The van der Waals surface area contributed by atoms with E-state index >= 15 is 0 Å². The van der Waals surface area contributed by atoms with Crippen molar-refractivity contribution in [1.82, 2.24) is 39.2 Å². The van der Waals surface area contributed by atoms with Crippen LogP contribution >= 0.6 is 11.6 Å². The summed E-state index contributed by atoms with van der Waals surface area (Å²) in [6, 6.07) is 15.4. The Morgan fingerprint density at radius 2 is 1.58 bits per heavy atom. The van der Waals surface area contributed by atoms with Gasteiger partial charge < -0.3 is 15.5 Å². The zero-order valence-electron chi connectivity index (χ0n) is 33.4. The van der Waals surface area contributed by atoms with Gasteiger partial charge in [0.1, 0.15) is 6.04 Å². The first-order chi connectivity index (χ1) is 29.1. The maximum absolute atomic E-state index is 13.4. The third kappa shape index (κ3) is 8.28. The number of fused-ring (bicyclic) bond motifs is 1. The molecule has 60 heavy (non-hydrogen) atoms. The van der Waals surface area contributed by atoms with Crippen LogP contribution in [0.5, 0.6) is 0 Å². The average molecular weight is 831 g/mol. The topological polar surface area (TPSA) is 176 Å². The first-order valence-corrected chi connectivity index (χ1v) is 21.2. The van der Waals surface area contributed by atoms with E-state index in [4.69, 9.17) is 16.6 Å². The van der Waals surface area contributed by atoms with E-state index in [0.717, 1.165) is 42.6 Å². The summed E-state index contributed by atoms with van der Waals surface area (Å²) in [7, 11) is 1.71. The number of benzene rings is 2. The quantitative estimate of drug-likeness (QED) is 0.152. The number of carbonyl (C=O) groups is 4. The number of aryl methyl sites for hydroxylation is 1. The largest absolute Gasteiger partial charge is 0.342 e. The summed E-state index contributed by atoms with van der Waals surface area (Å²) in [4.78, 5) is 81.7. The molecule has 1 unspecified atom stereocenters. The molecule has 4 amide bonds. The first-order valence-electron chi connectivity index (χ1n) is 20.8. The number of piperidine rings is 3. The number of imidazole rings is 1. The minimum absolute atomic E-state index is 0.0738. The van der Waals surface area contributed by atoms with Crippen LogP contribution in [0.4, 0.5) is 17.3 Å². The zero-order valence-corrected chi connectivity index (χ0v) is 34.2. The highest BCUT2D eigenvalue weighted by Gasteiger charge is 2.33. The third-order valence-corrected chi connectivity index (χ3v) is 12.8. The lowest BCUT2D eigenvalue weighted by Crippen LogP contribution is -2.47. The van der Waals surface area contributed by atoms with Gasteiger partial charge in [0.25, 0.3) is 0 Å². The predicted octanol–water partition coefficient (Wildman–Crippen LogP) is 5.50. The second-order valence-electron chi connectivity index (χ2n) is 16.5. The number of rotatable bonds is 10. The van der Waals surface area contributed by atoms with E-state index in [1.54, 1.807) is 36.3 Å². The Kier molecular flexibility index (Phi) is 10.9. The van der Waals surface area contributed by atoms with Crippen LogP contribution in [-0.4, -0.2) is 90.2 Å². The first kappa shape index (κ1) is 39.5. The molecule has 1 atom stereocenters. The minimum atomic E-state index is -0.718. The van der Waals surface area contributed by atoms with E-state index < -0.39 is 11.9 Å². The number of pyridine rings is 1. The molecule has 1 saturated carbocycles. The number of amides is 4. The van der Waals surface area contributed by atoms with Crippen molar-refractivity contribution in [3.05, 3.63) is 93.8 Å². The van der Waals surface area contributed by atoms with E-state index in [-0.39, 0.29) is 41.7 Å². The van der Waals surface area contributed by atoms with Crippen molar-refractivity contribution in [2.45, 2.75) is 69.2 Å². The smallest absolute Gasteiger partial charge is 0.329 e. The van der Waals surface area contributed by atoms with Crippen LogP contribution in [0.3, 0.4) is 0 Å². The Morgan fingerprint density at radius 3 is 2.35 bits per heavy atom. The number of hydrogen-bond donors (Lipinski definition) is 3. The second-order valence-corrected chi connectivity index (χ2v) is 16.9. The third-order valence-electron chi connectivity index (χ3n) is 12.5. The average Bonchev–Trinajstić information content (AvgIpc) is 4.08. The van der Waals surface area contributed by atoms with E-state index in [1.165, 1.54) is 23.0 Å². The molecule has 6 heterocycles. The van der Waals surface area contributed by atoms with Crippen LogP contribution in [0.25, 0.3) is 22.3 Å². The summed E-state index contributed by atoms with van der Waals surface area (Å²) in [5, 5.41) is 9.03. The fraction of sp³-hybridized carbons (Fsp3) is 0.409. The van der Waals surface area contributed by atoms with Crippen molar-refractivity contribution < 1.29 is 19.2 Å². The Bertz CT molecular complexity index is 2550. The molecule has 1 aliphatic carbocycles. The summed E-state index contributed by atoms with van der Waals surface area (Å²) in [6.45, 7) is 2.91. The van der Waals surface area contributed by atoms with E-state index in [2.05, 4.69) is 43.0 Å². The van der Waals surface area contributed by atoms with Gasteiger partial charge in [-0.3, -0.25) is 43.5 Å². The number of aromatic nitrogens is 5. The number of imide groups is 1. The molecule has 0 bridgehead atoms. The molecular weight excluding hydrogens is 784 g/mol. The van der Waals surface area contributed by atoms with E-state index in [9.17, 15) is 24.0 Å². The van der Waals surface area contributed by atoms with Crippen molar-refractivity contribution in [3.63, 3.8) is 0 Å². The van der Waals surface area contributed by atoms with Crippen LogP contribution in [0.15, 0.2) is 71.9 Å².